The van der Waals surface area contributed by atoms with Gasteiger partial charge in [0.1, 0.15) is 0 Å². The molecule has 6 heteroatoms. The Balaban J connectivity index is 1.50. The predicted octanol–water partition coefficient (Wildman–Crippen LogP) is 5.61. The molecule has 35 heavy (non-hydrogen) atoms. The Morgan fingerprint density at radius 1 is 0.571 bits per heavy atom. The first-order valence-electron chi connectivity index (χ1n) is 10.8. The van der Waals surface area contributed by atoms with Crippen molar-refractivity contribution in [3.8, 4) is 33.4 Å². The van der Waals surface area contributed by atoms with Gasteiger partial charge in [0.15, 0.2) is 12.6 Å². The summed E-state index contributed by atoms with van der Waals surface area (Å²) in [4.78, 5) is 45.4. The zero-order chi connectivity index (χ0) is 24.7. The molecule has 1 aliphatic carbocycles. The summed E-state index contributed by atoms with van der Waals surface area (Å²) in [6.07, 6.45) is 1.74. The Kier molecular flexibility index (Phi) is 5.34. The first kappa shape index (κ1) is 22.0. The fraction of sp³-hybridized carbons (Fsp3) is 0.0345. The molecule has 0 atom stereocenters. The number of carbonyl (C=O) groups excluding carboxylic acids is 2. The van der Waals surface area contributed by atoms with Crippen molar-refractivity contribution in [3.63, 3.8) is 0 Å². The number of rotatable bonds is 6. The molecule has 0 heterocycles. The van der Waals surface area contributed by atoms with Crippen LogP contribution in [0.4, 0.5) is 0 Å². The average Bonchev–Trinajstić information content (AvgIpc) is 3.24. The van der Waals surface area contributed by atoms with Gasteiger partial charge in [-0.05, 0) is 63.1 Å². The van der Waals surface area contributed by atoms with Crippen molar-refractivity contribution in [2.24, 2.45) is 0 Å². The van der Waals surface area contributed by atoms with E-state index >= 15 is 0 Å². The van der Waals surface area contributed by atoms with Crippen molar-refractivity contribution >= 4 is 24.5 Å². The van der Waals surface area contributed by atoms with E-state index in [4.69, 9.17) is 0 Å². The van der Waals surface area contributed by atoms with Crippen molar-refractivity contribution in [2.75, 3.05) is 0 Å². The van der Waals surface area contributed by atoms with E-state index in [0.29, 0.717) is 30.1 Å². The Labute approximate surface area is 200 Å². The number of benzene rings is 4. The van der Waals surface area contributed by atoms with Crippen LogP contribution in [0, 0.1) is 0 Å². The average molecular weight is 462 g/mol. The number of carboxylic acids is 2. The third-order valence-corrected chi connectivity index (χ3v) is 6.37. The lowest BCUT2D eigenvalue weighted by Crippen LogP contribution is -2.02. The fourth-order valence-corrected chi connectivity index (χ4v) is 4.62. The highest BCUT2D eigenvalue weighted by molar-refractivity contribution is 5.99. The summed E-state index contributed by atoms with van der Waals surface area (Å²) >= 11 is 0. The van der Waals surface area contributed by atoms with Crippen LogP contribution >= 0.6 is 0 Å². The van der Waals surface area contributed by atoms with Gasteiger partial charge >= 0.3 is 11.9 Å². The zero-order valence-electron chi connectivity index (χ0n) is 18.3. The third kappa shape index (κ3) is 3.81. The van der Waals surface area contributed by atoms with E-state index in [9.17, 15) is 29.4 Å². The Hall–Kier alpha value is -4.84. The van der Waals surface area contributed by atoms with E-state index < -0.39 is 11.9 Å². The fourth-order valence-electron chi connectivity index (χ4n) is 4.62. The Morgan fingerprint density at radius 2 is 0.943 bits per heavy atom. The van der Waals surface area contributed by atoms with Crippen molar-refractivity contribution in [1.82, 2.24) is 0 Å². The molecule has 0 unspecified atom stereocenters. The highest BCUT2D eigenvalue weighted by Gasteiger charge is 2.21. The lowest BCUT2D eigenvalue weighted by Gasteiger charge is -2.09. The number of hydrogen-bond donors (Lipinski definition) is 2. The monoisotopic (exact) mass is 462 g/mol. The van der Waals surface area contributed by atoms with Gasteiger partial charge in [-0.15, -0.1) is 0 Å². The van der Waals surface area contributed by atoms with Gasteiger partial charge in [-0.25, -0.2) is 9.59 Å². The summed E-state index contributed by atoms with van der Waals surface area (Å²) < 4.78 is 0. The maximum absolute atomic E-state index is 11.5. The van der Waals surface area contributed by atoms with Gasteiger partial charge in [-0.2, -0.15) is 0 Å². The number of aldehydes is 2. The molecule has 6 nitrogen and oxygen atoms in total. The van der Waals surface area contributed by atoms with Crippen molar-refractivity contribution in [1.29, 1.82) is 0 Å². The summed E-state index contributed by atoms with van der Waals surface area (Å²) in [5.74, 6) is -2.30. The standard InChI is InChI=1S/C29H18O6/c30-14-20-3-1-18(12-26(20)28(32)33)16-5-7-24-22(9-16)11-23-10-17(6-8-25(23)24)19-2-4-21(15-31)27(13-19)29(34)35/h1-10,12-15H,11H2,(H,32,33)(H,34,35). The molecular weight excluding hydrogens is 444 g/mol. The Bertz CT molecular complexity index is 1450. The minimum absolute atomic E-state index is 0.0349. The van der Waals surface area contributed by atoms with E-state index in [1.54, 1.807) is 12.1 Å². The van der Waals surface area contributed by atoms with Crippen LogP contribution in [0.1, 0.15) is 52.6 Å². The lowest BCUT2D eigenvalue weighted by atomic mass is 9.95. The van der Waals surface area contributed by atoms with E-state index in [2.05, 4.69) is 0 Å². The van der Waals surface area contributed by atoms with Gasteiger partial charge < -0.3 is 10.2 Å². The second kappa shape index (κ2) is 8.50. The molecule has 0 aromatic heterocycles. The largest absolute Gasteiger partial charge is 0.478 e. The molecule has 2 N–H and O–H groups in total. The predicted molar refractivity (Wildman–Crippen MR) is 130 cm³/mol. The number of carbonyl (C=O) groups is 4. The van der Waals surface area contributed by atoms with E-state index in [-0.39, 0.29) is 22.3 Å². The van der Waals surface area contributed by atoms with Crippen LogP contribution < -0.4 is 0 Å². The maximum Gasteiger partial charge on any atom is 0.336 e. The maximum atomic E-state index is 11.5. The van der Waals surface area contributed by atoms with E-state index in [1.165, 1.54) is 24.3 Å². The lowest BCUT2D eigenvalue weighted by molar-refractivity contribution is 0.0684. The van der Waals surface area contributed by atoms with Crippen LogP contribution in [0.2, 0.25) is 0 Å². The molecule has 4 aromatic carbocycles. The van der Waals surface area contributed by atoms with Crippen molar-refractivity contribution in [2.45, 2.75) is 6.42 Å². The molecule has 170 valence electrons. The van der Waals surface area contributed by atoms with Crippen LogP contribution in [0.15, 0.2) is 72.8 Å². The number of carboxylic acid groups (broad SMARTS) is 2. The summed E-state index contributed by atoms with van der Waals surface area (Å²) in [5, 5.41) is 18.9. The summed E-state index contributed by atoms with van der Waals surface area (Å²) in [6, 6.07) is 21.5. The van der Waals surface area contributed by atoms with Gasteiger partial charge in [-0.1, -0.05) is 60.7 Å². The normalized spacial score (nSPS) is 11.4. The highest BCUT2D eigenvalue weighted by Crippen LogP contribution is 2.40. The Morgan fingerprint density at radius 3 is 1.31 bits per heavy atom. The first-order valence-corrected chi connectivity index (χ1v) is 10.8. The van der Waals surface area contributed by atoms with Gasteiger partial charge in [0.2, 0.25) is 0 Å². The van der Waals surface area contributed by atoms with Crippen LogP contribution in [0.5, 0.6) is 0 Å². The van der Waals surface area contributed by atoms with Crippen molar-refractivity contribution in [3.05, 3.63) is 106 Å². The molecule has 0 radical (unpaired) electrons. The first-order chi connectivity index (χ1) is 16.9. The van der Waals surface area contributed by atoms with E-state index in [1.807, 2.05) is 36.4 Å². The topological polar surface area (TPSA) is 109 Å². The summed E-state index contributed by atoms with van der Waals surface area (Å²) in [5.41, 5.74) is 7.68. The zero-order valence-corrected chi connectivity index (χ0v) is 18.3. The van der Waals surface area contributed by atoms with Gasteiger partial charge in [-0.3, -0.25) is 9.59 Å². The molecule has 0 aliphatic heterocycles. The van der Waals surface area contributed by atoms with Gasteiger partial charge in [0.05, 0.1) is 11.1 Å². The van der Waals surface area contributed by atoms with Crippen LogP contribution in [-0.2, 0) is 6.42 Å². The van der Waals surface area contributed by atoms with Crippen LogP contribution in [0.3, 0.4) is 0 Å². The molecule has 0 bridgehead atoms. The molecule has 1 aliphatic rings. The minimum atomic E-state index is -1.15. The molecule has 0 saturated heterocycles. The SMILES string of the molecule is O=Cc1ccc(-c2ccc3c(c2)Cc2cc(-c4ccc(C=O)c(C(=O)O)c4)ccc2-3)cc1C(=O)O. The summed E-state index contributed by atoms with van der Waals surface area (Å²) in [6.45, 7) is 0. The molecule has 5 rings (SSSR count). The van der Waals surface area contributed by atoms with Gasteiger partial charge in [0, 0.05) is 11.1 Å². The number of aromatic carboxylic acids is 2. The number of fused-ring (bicyclic) bond motifs is 3. The summed E-state index contributed by atoms with van der Waals surface area (Å²) in [7, 11) is 0. The number of hydrogen-bond acceptors (Lipinski definition) is 4. The molecule has 0 spiro atoms. The molecule has 0 saturated carbocycles. The highest BCUT2D eigenvalue weighted by atomic mass is 16.4. The molecular formula is C29H18O6. The molecule has 0 amide bonds. The molecule has 0 fully saturated rings. The third-order valence-electron chi connectivity index (χ3n) is 6.37. The van der Waals surface area contributed by atoms with Crippen LogP contribution in [0.25, 0.3) is 33.4 Å². The quantitative estimate of drug-likeness (QED) is 0.317. The minimum Gasteiger partial charge on any atom is -0.478 e. The second-order valence-electron chi connectivity index (χ2n) is 8.37. The van der Waals surface area contributed by atoms with Crippen LogP contribution in [-0.4, -0.2) is 34.7 Å². The van der Waals surface area contributed by atoms with E-state index in [0.717, 1.165) is 33.4 Å². The molecule has 4 aromatic rings. The van der Waals surface area contributed by atoms with Crippen molar-refractivity contribution < 1.29 is 29.4 Å². The smallest absolute Gasteiger partial charge is 0.336 e. The second-order valence-corrected chi connectivity index (χ2v) is 8.37. The van der Waals surface area contributed by atoms with Gasteiger partial charge in [0.25, 0.3) is 0 Å².